The third-order valence-corrected chi connectivity index (χ3v) is 3.87. The molecule has 0 aromatic carbocycles. The van der Waals surface area contributed by atoms with Gasteiger partial charge in [0.25, 0.3) is 5.91 Å². The molecule has 0 N–H and O–H groups in total. The monoisotopic (exact) mass is 289 g/mol. The van der Waals surface area contributed by atoms with Crippen LogP contribution in [0.4, 0.5) is 0 Å². The van der Waals surface area contributed by atoms with Gasteiger partial charge >= 0.3 is 0 Å². The van der Waals surface area contributed by atoms with E-state index in [4.69, 9.17) is 8.94 Å². The lowest BCUT2D eigenvalue weighted by atomic mass is 9.97. The summed E-state index contributed by atoms with van der Waals surface area (Å²) in [5.41, 5.74) is 0.648. The van der Waals surface area contributed by atoms with Gasteiger partial charge in [0.05, 0.1) is 11.5 Å². The fraction of sp³-hybridized carbons (Fsp3) is 0.533. The highest BCUT2D eigenvalue weighted by Gasteiger charge is 2.30. The van der Waals surface area contributed by atoms with Crippen LogP contribution in [0.5, 0.6) is 0 Å². The highest BCUT2D eigenvalue weighted by Crippen LogP contribution is 2.27. The number of nitrogens with zero attached hydrogens (tertiary/aromatic N) is 3. The first kappa shape index (κ1) is 13.9. The molecule has 3 rings (SSSR count). The summed E-state index contributed by atoms with van der Waals surface area (Å²) in [6.45, 7) is 6.85. The standard InChI is InChI=1S/C15H19N3O3/c1-9-7-13(10(2)20-9)15(19)18-6-4-5-12(8-18)14-16-11(3)17-21-14/h7,12H,4-6,8H2,1-3H3. The molecule has 6 nitrogen and oxygen atoms in total. The summed E-state index contributed by atoms with van der Waals surface area (Å²) in [7, 11) is 0. The lowest BCUT2D eigenvalue weighted by molar-refractivity contribution is 0.0694. The van der Waals surface area contributed by atoms with Crippen molar-refractivity contribution >= 4 is 5.91 Å². The number of hydrogen-bond donors (Lipinski definition) is 0. The number of aromatic nitrogens is 2. The minimum atomic E-state index is 0.0188. The first-order valence-corrected chi connectivity index (χ1v) is 7.21. The Balaban J connectivity index is 1.77. The van der Waals surface area contributed by atoms with E-state index in [9.17, 15) is 4.79 Å². The second kappa shape index (κ2) is 5.35. The Morgan fingerprint density at radius 1 is 1.38 bits per heavy atom. The van der Waals surface area contributed by atoms with E-state index >= 15 is 0 Å². The van der Waals surface area contributed by atoms with Crippen LogP contribution >= 0.6 is 0 Å². The molecule has 2 aromatic heterocycles. The zero-order chi connectivity index (χ0) is 15.0. The summed E-state index contributed by atoms with van der Waals surface area (Å²) in [6.07, 6.45) is 1.91. The van der Waals surface area contributed by atoms with E-state index < -0.39 is 0 Å². The maximum atomic E-state index is 12.6. The molecule has 2 aromatic rings. The maximum Gasteiger partial charge on any atom is 0.257 e. The second-order valence-corrected chi connectivity index (χ2v) is 5.60. The summed E-state index contributed by atoms with van der Waals surface area (Å²) in [5.74, 6) is 2.84. The van der Waals surface area contributed by atoms with Gasteiger partial charge in [0.1, 0.15) is 11.5 Å². The Labute approximate surface area is 123 Å². The third kappa shape index (κ3) is 2.70. The number of likely N-dealkylation sites (tertiary alicyclic amines) is 1. The molecule has 6 heteroatoms. The van der Waals surface area contributed by atoms with Crippen molar-refractivity contribution in [2.45, 2.75) is 39.5 Å². The van der Waals surface area contributed by atoms with E-state index in [1.54, 1.807) is 13.0 Å². The van der Waals surface area contributed by atoms with Gasteiger partial charge in [-0.1, -0.05) is 5.16 Å². The Morgan fingerprint density at radius 2 is 2.19 bits per heavy atom. The third-order valence-electron chi connectivity index (χ3n) is 3.87. The molecule has 1 unspecified atom stereocenters. The van der Waals surface area contributed by atoms with E-state index in [-0.39, 0.29) is 11.8 Å². The zero-order valence-electron chi connectivity index (χ0n) is 12.5. The van der Waals surface area contributed by atoms with E-state index in [1.807, 2.05) is 18.7 Å². The van der Waals surface area contributed by atoms with Gasteiger partial charge in [-0.3, -0.25) is 4.79 Å². The Hall–Kier alpha value is -2.11. The molecule has 1 amide bonds. The number of piperidine rings is 1. The van der Waals surface area contributed by atoms with Gasteiger partial charge in [-0.05, 0) is 39.7 Å². The molecule has 0 radical (unpaired) electrons. The van der Waals surface area contributed by atoms with Gasteiger partial charge in [-0.25, -0.2) is 0 Å². The topological polar surface area (TPSA) is 72.4 Å². The predicted molar refractivity (Wildman–Crippen MR) is 75.1 cm³/mol. The quantitative estimate of drug-likeness (QED) is 0.849. The van der Waals surface area contributed by atoms with Crippen LogP contribution in [0.25, 0.3) is 0 Å². The Bertz CT molecular complexity index is 659. The first-order valence-electron chi connectivity index (χ1n) is 7.21. The van der Waals surface area contributed by atoms with Crippen molar-refractivity contribution in [3.8, 4) is 0 Å². The molecule has 0 saturated carbocycles. The summed E-state index contributed by atoms with van der Waals surface area (Å²) in [4.78, 5) is 18.8. The van der Waals surface area contributed by atoms with Crippen LogP contribution in [0.2, 0.25) is 0 Å². The van der Waals surface area contributed by atoms with Crippen LogP contribution in [0.1, 0.15) is 52.4 Å². The lowest BCUT2D eigenvalue weighted by Crippen LogP contribution is -2.39. The number of hydrogen-bond acceptors (Lipinski definition) is 5. The fourth-order valence-electron chi connectivity index (χ4n) is 2.86. The lowest BCUT2D eigenvalue weighted by Gasteiger charge is -2.30. The van der Waals surface area contributed by atoms with Gasteiger partial charge in [-0.15, -0.1) is 0 Å². The van der Waals surface area contributed by atoms with E-state index in [0.717, 1.165) is 25.1 Å². The van der Waals surface area contributed by atoms with Crippen molar-refractivity contribution in [2.75, 3.05) is 13.1 Å². The average molecular weight is 289 g/mol. The number of aryl methyl sites for hydroxylation is 3. The van der Waals surface area contributed by atoms with Crippen molar-refractivity contribution < 1.29 is 13.7 Å². The second-order valence-electron chi connectivity index (χ2n) is 5.60. The smallest absolute Gasteiger partial charge is 0.257 e. The number of amides is 1. The van der Waals surface area contributed by atoms with Crippen molar-refractivity contribution in [1.29, 1.82) is 0 Å². The van der Waals surface area contributed by atoms with Crippen molar-refractivity contribution in [3.05, 3.63) is 34.9 Å². The van der Waals surface area contributed by atoms with E-state index in [1.165, 1.54) is 0 Å². The summed E-state index contributed by atoms with van der Waals surface area (Å²) >= 11 is 0. The number of carbonyl (C=O) groups excluding carboxylic acids is 1. The summed E-state index contributed by atoms with van der Waals surface area (Å²) < 4.78 is 10.7. The minimum Gasteiger partial charge on any atom is -0.466 e. The normalized spacial score (nSPS) is 19.0. The van der Waals surface area contributed by atoms with Crippen molar-refractivity contribution in [2.24, 2.45) is 0 Å². The zero-order valence-corrected chi connectivity index (χ0v) is 12.5. The summed E-state index contributed by atoms with van der Waals surface area (Å²) in [5, 5.41) is 3.83. The number of carbonyl (C=O) groups is 1. The molecule has 1 atom stereocenters. The maximum absolute atomic E-state index is 12.6. The van der Waals surface area contributed by atoms with Crippen LogP contribution in [0.3, 0.4) is 0 Å². The number of rotatable bonds is 2. The SMILES string of the molecule is Cc1noc(C2CCCN(C(=O)c3cc(C)oc3C)C2)n1. The molecule has 21 heavy (non-hydrogen) atoms. The molecular formula is C15H19N3O3. The molecule has 112 valence electrons. The minimum absolute atomic E-state index is 0.0188. The van der Waals surface area contributed by atoms with Gasteiger partial charge in [0.2, 0.25) is 5.89 Å². The molecule has 0 spiro atoms. The van der Waals surface area contributed by atoms with Crippen LogP contribution in [-0.4, -0.2) is 34.0 Å². The number of furan rings is 1. The molecule has 0 bridgehead atoms. The van der Waals surface area contributed by atoms with Crippen LogP contribution < -0.4 is 0 Å². The van der Waals surface area contributed by atoms with Crippen LogP contribution in [0.15, 0.2) is 15.0 Å². The largest absolute Gasteiger partial charge is 0.466 e. The molecule has 3 heterocycles. The van der Waals surface area contributed by atoms with Gasteiger partial charge in [-0.2, -0.15) is 4.98 Å². The molecular weight excluding hydrogens is 270 g/mol. The average Bonchev–Trinajstić information content (AvgIpc) is 3.04. The molecule has 1 saturated heterocycles. The molecule has 1 fully saturated rings. The van der Waals surface area contributed by atoms with Crippen molar-refractivity contribution in [1.82, 2.24) is 15.0 Å². The van der Waals surface area contributed by atoms with E-state index in [0.29, 0.717) is 29.6 Å². The summed E-state index contributed by atoms with van der Waals surface area (Å²) in [6, 6.07) is 1.80. The predicted octanol–water partition coefficient (Wildman–Crippen LogP) is 2.61. The molecule has 1 aliphatic heterocycles. The van der Waals surface area contributed by atoms with Gasteiger partial charge in [0, 0.05) is 13.1 Å². The first-order chi connectivity index (χ1) is 10.0. The Kier molecular flexibility index (Phi) is 3.53. The highest BCUT2D eigenvalue weighted by atomic mass is 16.5. The molecule has 1 aliphatic rings. The molecule has 0 aliphatic carbocycles. The van der Waals surface area contributed by atoms with Gasteiger partial charge < -0.3 is 13.8 Å². The highest BCUT2D eigenvalue weighted by molar-refractivity contribution is 5.95. The van der Waals surface area contributed by atoms with Crippen LogP contribution in [-0.2, 0) is 0 Å². The van der Waals surface area contributed by atoms with Crippen molar-refractivity contribution in [3.63, 3.8) is 0 Å². The van der Waals surface area contributed by atoms with E-state index in [2.05, 4.69) is 10.1 Å². The van der Waals surface area contributed by atoms with Gasteiger partial charge in [0.15, 0.2) is 5.82 Å². The van der Waals surface area contributed by atoms with Crippen LogP contribution in [0, 0.1) is 20.8 Å². The Morgan fingerprint density at radius 3 is 2.81 bits per heavy atom. The fourth-order valence-corrected chi connectivity index (χ4v) is 2.86.